The molecule has 4 heteroatoms. The fourth-order valence-electron chi connectivity index (χ4n) is 4.32. The van der Waals surface area contributed by atoms with E-state index in [0.717, 1.165) is 31.1 Å². The highest BCUT2D eigenvalue weighted by atomic mass is 16.5. The minimum absolute atomic E-state index is 0.232. The van der Waals surface area contributed by atoms with Gasteiger partial charge in [-0.3, -0.25) is 9.69 Å². The van der Waals surface area contributed by atoms with Crippen LogP contribution < -0.4 is 5.73 Å². The van der Waals surface area contributed by atoms with Gasteiger partial charge in [0.15, 0.2) is 0 Å². The highest BCUT2D eigenvalue weighted by Gasteiger charge is 2.47. The van der Waals surface area contributed by atoms with E-state index in [1.807, 2.05) is 0 Å². The van der Waals surface area contributed by atoms with Crippen molar-refractivity contribution < 1.29 is 9.53 Å². The number of nitrogens with zero attached hydrogens (tertiary/aromatic N) is 1. The lowest BCUT2D eigenvalue weighted by atomic mass is 9.99. The van der Waals surface area contributed by atoms with Crippen molar-refractivity contribution in [3.8, 4) is 0 Å². The molecule has 1 saturated heterocycles. The quantitative estimate of drug-likeness (QED) is 0.749. The largest absolute Gasteiger partial charge is 0.468 e. The van der Waals surface area contributed by atoms with Crippen molar-refractivity contribution >= 4 is 5.97 Å². The van der Waals surface area contributed by atoms with Crippen LogP contribution in [-0.4, -0.2) is 42.6 Å². The molecule has 1 heterocycles. The number of carbonyl (C=O) groups is 1. The van der Waals surface area contributed by atoms with Gasteiger partial charge in [0.1, 0.15) is 5.54 Å². The van der Waals surface area contributed by atoms with Crippen LogP contribution in [0.1, 0.15) is 38.5 Å². The summed E-state index contributed by atoms with van der Waals surface area (Å²) in [5.74, 6) is 1.59. The van der Waals surface area contributed by atoms with Gasteiger partial charge >= 0.3 is 5.97 Å². The number of ether oxygens (including phenoxy) is 1. The number of fused-ring (bicyclic) bond motifs is 1. The van der Waals surface area contributed by atoms with Crippen LogP contribution in [-0.2, 0) is 9.53 Å². The molecule has 4 unspecified atom stereocenters. The van der Waals surface area contributed by atoms with E-state index in [1.54, 1.807) is 0 Å². The van der Waals surface area contributed by atoms with Crippen LogP contribution in [0.5, 0.6) is 0 Å². The fraction of sp³-hybridized carbons (Fsp3) is 0.929. The number of carbonyl (C=O) groups excluding carboxylic acids is 1. The van der Waals surface area contributed by atoms with Crippen LogP contribution in [0.25, 0.3) is 0 Å². The molecular formula is C14H24N2O2. The maximum absolute atomic E-state index is 11.7. The SMILES string of the molecule is COC(=O)C1(N)CCC(N2CC3CCCC3C2)C1. The van der Waals surface area contributed by atoms with Crippen LogP contribution in [0, 0.1) is 11.8 Å². The Bertz CT molecular complexity index is 335. The predicted molar refractivity (Wildman–Crippen MR) is 69.0 cm³/mol. The van der Waals surface area contributed by atoms with Crippen molar-refractivity contribution in [2.75, 3.05) is 20.2 Å². The summed E-state index contributed by atoms with van der Waals surface area (Å²) in [6.07, 6.45) is 6.81. The monoisotopic (exact) mass is 252 g/mol. The van der Waals surface area contributed by atoms with Gasteiger partial charge < -0.3 is 10.5 Å². The van der Waals surface area contributed by atoms with Gasteiger partial charge in [-0.15, -0.1) is 0 Å². The van der Waals surface area contributed by atoms with E-state index in [4.69, 9.17) is 10.5 Å². The minimum Gasteiger partial charge on any atom is -0.468 e. The molecule has 2 aliphatic carbocycles. The van der Waals surface area contributed by atoms with Crippen LogP contribution in [0.4, 0.5) is 0 Å². The molecule has 102 valence electrons. The molecule has 0 spiro atoms. The van der Waals surface area contributed by atoms with Crippen molar-refractivity contribution in [3.63, 3.8) is 0 Å². The first kappa shape index (κ1) is 12.4. The molecule has 3 rings (SSSR count). The third-order valence-corrected chi connectivity index (χ3v) is 5.39. The molecule has 0 bridgehead atoms. The van der Waals surface area contributed by atoms with E-state index in [2.05, 4.69) is 4.90 Å². The molecule has 1 aliphatic heterocycles. The zero-order valence-corrected chi connectivity index (χ0v) is 11.2. The summed E-state index contributed by atoms with van der Waals surface area (Å²) in [7, 11) is 1.44. The van der Waals surface area contributed by atoms with Gasteiger partial charge in [0.2, 0.25) is 0 Å². The molecule has 18 heavy (non-hydrogen) atoms. The number of rotatable bonds is 2. The lowest BCUT2D eigenvalue weighted by Gasteiger charge is -2.26. The Kier molecular flexibility index (Phi) is 3.10. The smallest absolute Gasteiger partial charge is 0.325 e. The van der Waals surface area contributed by atoms with Gasteiger partial charge in [0.25, 0.3) is 0 Å². The summed E-state index contributed by atoms with van der Waals surface area (Å²) in [4.78, 5) is 14.3. The summed E-state index contributed by atoms with van der Waals surface area (Å²) in [6, 6.07) is 0.500. The second kappa shape index (κ2) is 4.49. The van der Waals surface area contributed by atoms with E-state index in [-0.39, 0.29) is 5.97 Å². The molecule has 0 amide bonds. The standard InChI is InChI=1S/C14H24N2O2/c1-18-13(17)14(15)6-5-12(7-14)16-8-10-3-2-4-11(10)9-16/h10-12H,2-9,15H2,1H3. The van der Waals surface area contributed by atoms with Crippen molar-refractivity contribution in [1.29, 1.82) is 0 Å². The Labute approximate surface area is 109 Å². The number of methoxy groups -OCH3 is 1. The van der Waals surface area contributed by atoms with Gasteiger partial charge in [-0.05, 0) is 43.9 Å². The summed E-state index contributed by atoms with van der Waals surface area (Å²) in [5.41, 5.74) is 5.46. The van der Waals surface area contributed by atoms with Gasteiger partial charge in [-0.2, -0.15) is 0 Å². The Balaban J connectivity index is 1.61. The van der Waals surface area contributed by atoms with Crippen LogP contribution in [0.2, 0.25) is 0 Å². The Morgan fingerprint density at radius 2 is 1.94 bits per heavy atom. The Morgan fingerprint density at radius 1 is 1.28 bits per heavy atom. The van der Waals surface area contributed by atoms with E-state index >= 15 is 0 Å². The average Bonchev–Trinajstić information content (AvgIpc) is 3.01. The second-order valence-corrected chi connectivity index (χ2v) is 6.45. The first-order valence-electron chi connectivity index (χ1n) is 7.24. The first-order chi connectivity index (χ1) is 8.62. The van der Waals surface area contributed by atoms with E-state index in [0.29, 0.717) is 6.04 Å². The minimum atomic E-state index is -0.725. The molecule has 3 aliphatic rings. The van der Waals surface area contributed by atoms with Crippen LogP contribution in [0.3, 0.4) is 0 Å². The molecule has 0 aromatic heterocycles. The molecule has 2 saturated carbocycles. The number of likely N-dealkylation sites (tertiary alicyclic amines) is 1. The highest BCUT2D eigenvalue weighted by Crippen LogP contribution is 2.42. The zero-order valence-electron chi connectivity index (χ0n) is 11.2. The van der Waals surface area contributed by atoms with E-state index < -0.39 is 5.54 Å². The predicted octanol–water partition coefficient (Wildman–Crippen LogP) is 1.14. The maximum atomic E-state index is 11.7. The molecule has 4 nitrogen and oxygen atoms in total. The maximum Gasteiger partial charge on any atom is 0.325 e. The van der Waals surface area contributed by atoms with Gasteiger partial charge in [-0.1, -0.05) is 6.42 Å². The highest BCUT2D eigenvalue weighted by molar-refractivity contribution is 5.81. The second-order valence-electron chi connectivity index (χ2n) is 6.45. The summed E-state index contributed by atoms with van der Waals surface area (Å²) in [6.45, 7) is 2.46. The lowest BCUT2D eigenvalue weighted by Crippen LogP contribution is -2.48. The van der Waals surface area contributed by atoms with Crippen LogP contribution in [0.15, 0.2) is 0 Å². The Hall–Kier alpha value is -0.610. The molecular weight excluding hydrogens is 228 g/mol. The fourth-order valence-corrected chi connectivity index (χ4v) is 4.32. The van der Waals surface area contributed by atoms with E-state index in [9.17, 15) is 4.79 Å². The number of esters is 1. The lowest BCUT2D eigenvalue weighted by molar-refractivity contribution is -0.146. The molecule has 0 radical (unpaired) electrons. The molecule has 0 aromatic rings. The summed E-state index contributed by atoms with van der Waals surface area (Å²) < 4.78 is 4.84. The Morgan fingerprint density at radius 3 is 2.56 bits per heavy atom. The normalized spacial score (nSPS) is 44.2. The molecule has 3 fully saturated rings. The van der Waals surface area contributed by atoms with Crippen molar-refractivity contribution in [1.82, 2.24) is 4.90 Å². The topological polar surface area (TPSA) is 55.6 Å². The van der Waals surface area contributed by atoms with Gasteiger partial charge in [0, 0.05) is 19.1 Å². The number of nitrogens with two attached hydrogens (primary N) is 1. The third kappa shape index (κ3) is 1.95. The van der Waals surface area contributed by atoms with Crippen molar-refractivity contribution in [2.24, 2.45) is 17.6 Å². The number of hydrogen-bond acceptors (Lipinski definition) is 4. The summed E-state index contributed by atoms with van der Waals surface area (Å²) >= 11 is 0. The van der Waals surface area contributed by atoms with Gasteiger partial charge in [-0.25, -0.2) is 0 Å². The summed E-state index contributed by atoms with van der Waals surface area (Å²) in [5, 5.41) is 0. The van der Waals surface area contributed by atoms with Crippen molar-refractivity contribution in [3.05, 3.63) is 0 Å². The zero-order chi connectivity index (χ0) is 12.8. The van der Waals surface area contributed by atoms with Gasteiger partial charge in [0.05, 0.1) is 7.11 Å². The van der Waals surface area contributed by atoms with Crippen molar-refractivity contribution in [2.45, 2.75) is 50.1 Å². The first-order valence-corrected chi connectivity index (χ1v) is 7.24. The molecule has 4 atom stereocenters. The number of hydrogen-bond donors (Lipinski definition) is 1. The average molecular weight is 252 g/mol. The van der Waals surface area contributed by atoms with E-state index in [1.165, 1.54) is 39.5 Å². The molecule has 0 aromatic carbocycles. The third-order valence-electron chi connectivity index (χ3n) is 5.39. The van der Waals surface area contributed by atoms with Crippen LogP contribution >= 0.6 is 0 Å². The molecule has 2 N–H and O–H groups in total.